The number of halogens is 1. The molecule has 0 aliphatic carbocycles. The zero-order chi connectivity index (χ0) is 20.9. The van der Waals surface area contributed by atoms with Gasteiger partial charge in [-0.3, -0.25) is 4.79 Å². The molecule has 1 aliphatic heterocycles. The lowest BCUT2D eigenvalue weighted by Gasteiger charge is -2.32. The van der Waals surface area contributed by atoms with Crippen molar-refractivity contribution in [2.45, 2.75) is 24.4 Å². The second-order valence-corrected chi connectivity index (χ2v) is 9.26. The normalized spacial score (nSPS) is 14.8. The average Bonchev–Trinajstić information content (AvgIpc) is 3.14. The van der Waals surface area contributed by atoms with Crippen molar-refractivity contribution in [1.29, 1.82) is 0 Å². The number of nitrogen functional groups attached to an aromatic ring is 1. The summed E-state index contributed by atoms with van der Waals surface area (Å²) in [5.74, 6) is 7.84. The van der Waals surface area contributed by atoms with E-state index in [0.29, 0.717) is 22.7 Å². The lowest BCUT2D eigenvalue weighted by Crippen LogP contribution is -2.39. The zero-order valence-electron chi connectivity index (χ0n) is 16.6. The smallest absolute Gasteiger partial charge is 0.233 e. The molecule has 0 radical (unpaired) electrons. The Morgan fingerprint density at radius 3 is 2.50 bits per heavy atom. The van der Waals surface area contributed by atoms with E-state index >= 15 is 0 Å². The Balaban J connectivity index is 1.29. The third-order valence-electron chi connectivity index (χ3n) is 5.44. The van der Waals surface area contributed by atoms with Crippen LogP contribution >= 0.6 is 27.7 Å². The second kappa shape index (κ2) is 9.66. The molecule has 4 rings (SSSR count). The first-order chi connectivity index (χ1) is 14.6. The summed E-state index contributed by atoms with van der Waals surface area (Å²) in [6.45, 7) is 1.63. The molecular formula is C22H24BrN5OS. The number of likely N-dealkylation sites (tertiary alicyclic amines) is 1. The highest BCUT2D eigenvalue weighted by Gasteiger charge is 2.24. The van der Waals surface area contributed by atoms with Crippen LogP contribution < -0.4 is 5.84 Å². The summed E-state index contributed by atoms with van der Waals surface area (Å²) >= 11 is 4.84. The molecule has 1 fully saturated rings. The highest BCUT2D eigenvalue weighted by atomic mass is 79.9. The Bertz CT molecular complexity index is 1000. The first-order valence-corrected chi connectivity index (χ1v) is 11.8. The molecule has 0 bridgehead atoms. The van der Waals surface area contributed by atoms with Crippen molar-refractivity contribution >= 4 is 33.6 Å². The van der Waals surface area contributed by atoms with E-state index in [4.69, 9.17) is 5.84 Å². The van der Waals surface area contributed by atoms with Crippen molar-refractivity contribution in [3.63, 3.8) is 0 Å². The number of nitrogens with two attached hydrogens (primary N) is 1. The molecule has 0 unspecified atom stereocenters. The van der Waals surface area contributed by atoms with Crippen LogP contribution in [0.2, 0.25) is 0 Å². The van der Waals surface area contributed by atoms with E-state index in [0.717, 1.165) is 42.4 Å². The van der Waals surface area contributed by atoms with Gasteiger partial charge in [0.15, 0.2) is 5.82 Å². The number of amides is 1. The van der Waals surface area contributed by atoms with Crippen LogP contribution in [0.15, 0.2) is 64.2 Å². The van der Waals surface area contributed by atoms with E-state index in [2.05, 4.69) is 50.4 Å². The molecule has 1 aliphatic rings. The molecule has 2 aromatic carbocycles. The Hall–Kier alpha value is -2.32. The highest BCUT2D eigenvalue weighted by molar-refractivity contribution is 9.10. The second-order valence-electron chi connectivity index (χ2n) is 7.46. The molecule has 3 aromatic rings. The van der Waals surface area contributed by atoms with E-state index in [9.17, 15) is 4.79 Å². The van der Waals surface area contributed by atoms with Crippen LogP contribution in [-0.4, -0.2) is 44.5 Å². The van der Waals surface area contributed by atoms with Gasteiger partial charge in [-0.25, -0.2) is 4.68 Å². The van der Waals surface area contributed by atoms with Crippen LogP contribution in [0.5, 0.6) is 0 Å². The number of aromatic nitrogens is 3. The van der Waals surface area contributed by atoms with Gasteiger partial charge in [-0.1, -0.05) is 70.2 Å². The van der Waals surface area contributed by atoms with Crippen LogP contribution in [-0.2, 0) is 11.2 Å². The summed E-state index contributed by atoms with van der Waals surface area (Å²) in [4.78, 5) is 14.6. The Labute approximate surface area is 189 Å². The van der Waals surface area contributed by atoms with Crippen LogP contribution in [0.1, 0.15) is 18.4 Å². The van der Waals surface area contributed by atoms with Crippen LogP contribution in [0, 0.1) is 5.92 Å². The molecule has 156 valence electrons. The molecule has 6 nitrogen and oxygen atoms in total. The number of nitrogens with zero attached hydrogens (tertiary/aromatic N) is 4. The summed E-state index contributed by atoms with van der Waals surface area (Å²) < 4.78 is 2.35. The maximum atomic E-state index is 12.7. The van der Waals surface area contributed by atoms with Gasteiger partial charge in [0.05, 0.1) is 5.75 Å². The topological polar surface area (TPSA) is 77.0 Å². The van der Waals surface area contributed by atoms with Gasteiger partial charge in [0.25, 0.3) is 0 Å². The van der Waals surface area contributed by atoms with Gasteiger partial charge >= 0.3 is 0 Å². The van der Waals surface area contributed by atoms with Crippen molar-refractivity contribution in [3.05, 3.63) is 64.6 Å². The highest BCUT2D eigenvalue weighted by Crippen LogP contribution is 2.28. The fourth-order valence-corrected chi connectivity index (χ4v) is 4.97. The minimum absolute atomic E-state index is 0.128. The molecule has 2 heterocycles. The van der Waals surface area contributed by atoms with Crippen molar-refractivity contribution < 1.29 is 4.79 Å². The molecule has 0 atom stereocenters. The largest absolute Gasteiger partial charge is 0.342 e. The molecule has 2 N–H and O–H groups in total. The van der Waals surface area contributed by atoms with E-state index in [-0.39, 0.29) is 5.91 Å². The number of carbonyl (C=O) groups is 1. The van der Waals surface area contributed by atoms with E-state index in [1.807, 2.05) is 35.2 Å². The predicted octanol–water partition coefficient (Wildman–Crippen LogP) is 3.99. The molecule has 1 saturated heterocycles. The maximum Gasteiger partial charge on any atom is 0.233 e. The number of carbonyl (C=O) groups excluding carboxylic acids is 1. The van der Waals surface area contributed by atoms with Crippen molar-refractivity contribution in [3.8, 4) is 11.4 Å². The maximum absolute atomic E-state index is 12.7. The van der Waals surface area contributed by atoms with Crippen LogP contribution in [0.3, 0.4) is 0 Å². The van der Waals surface area contributed by atoms with Crippen LogP contribution in [0.25, 0.3) is 11.4 Å². The van der Waals surface area contributed by atoms with Crippen molar-refractivity contribution in [2.24, 2.45) is 5.92 Å². The first-order valence-electron chi connectivity index (χ1n) is 10.0. The summed E-state index contributed by atoms with van der Waals surface area (Å²) in [6, 6.07) is 18.3. The number of benzene rings is 2. The van der Waals surface area contributed by atoms with Gasteiger partial charge in [0.1, 0.15) is 0 Å². The van der Waals surface area contributed by atoms with Crippen LogP contribution in [0.4, 0.5) is 0 Å². The summed E-state index contributed by atoms with van der Waals surface area (Å²) in [6.07, 6.45) is 3.18. The number of thioether (sulfide) groups is 1. The fourth-order valence-electron chi connectivity index (χ4n) is 3.75. The lowest BCUT2D eigenvalue weighted by molar-refractivity contribution is -0.129. The molecule has 1 amide bonds. The SMILES string of the molecule is Nn1c(SCC(=O)N2CCC(Cc3ccccc3)CC2)nnc1-c1ccccc1Br. The summed E-state index contributed by atoms with van der Waals surface area (Å²) in [7, 11) is 0. The summed E-state index contributed by atoms with van der Waals surface area (Å²) in [5, 5.41) is 8.90. The Morgan fingerprint density at radius 1 is 1.07 bits per heavy atom. The van der Waals surface area contributed by atoms with Gasteiger partial charge in [-0.15, -0.1) is 10.2 Å². The minimum atomic E-state index is 0.128. The van der Waals surface area contributed by atoms with Gasteiger partial charge in [0.2, 0.25) is 11.1 Å². The fraction of sp³-hybridized carbons (Fsp3) is 0.318. The number of hydrogen-bond donors (Lipinski definition) is 1. The Morgan fingerprint density at radius 2 is 1.77 bits per heavy atom. The minimum Gasteiger partial charge on any atom is -0.342 e. The summed E-state index contributed by atoms with van der Waals surface area (Å²) in [5.41, 5.74) is 2.24. The molecule has 1 aromatic heterocycles. The monoisotopic (exact) mass is 485 g/mol. The lowest BCUT2D eigenvalue weighted by atomic mass is 9.90. The molecule has 8 heteroatoms. The van der Waals surface area contributed by atoms with Gasteiger partial charge in [-0.05, 0) is 42.9 Å². The quantitative estimate of drug-likeness (QED) is 0.421. The van der Waals surface area contributed by atoms with Gasteiger partial charge in [-0.2, -0.15) is 0 Å². The van der Waals surface area contributed by atoms with Gasteiger partial charge in [0, 0.05) is 23.1 Å². The molecule has 0 spiro atoms. The predicted molar refractivity (Wildman–Crippen MR) is 123 cm³/mol. The average molecular weight is 486 g/mol. The van der Waals surface area contributed by atoms with Crippen molar-refractivity contribution in [1.82, 2.24) is 19.8 Å². The standard InChI is InChI=1S/C22H24BrN5OS/c23-19-9-5-4-8-18(19)21-25-26-22(28(21)24)30-15-20(29)27-12-10-17(11-13-27)14-16-6-2-1-3-7-16/h1-9,17H,10-15,24H2. The molecule has 30 heavy (non-hydrogen) atoms. The third kappa shape index (κ3) is 4.87. The Kier molecular flexibility index (Phi) is 6.74. The molecular weight excluding hydrogens is 462 g/mol. The van der Waals surface area contributed by atoms with E-state index < -0.39 is 0 Å². The number of hydrogen-bond acceptors (Lipinski definition) is 5. The number of rotatable bonds is 6. The van der Waals surface area contributed by atoms with E-state index in [1.165, 1.54) is 22.0 Å². The number of piperidine rings is 1. The molecule has 0 saturated carbocycles. The first kappa shape index (κ1) is 20.9. The van der Waals surface area contributed by atoms with Crippen molar-refractivity contribution in [2.75, 3.05) is 24.7 Å². The van der Waals surface area contributed by atoms with E-state index in [1.54, 1.807) is 0 Å². The third-order valence-corrected chi connectivity index (χ3v) is 7.06. The van der Waals surface area contributed by atoms with Gasteiger partial charge < -0.3 is 10.7 Å². The zero-order valence-corrected chi connectivity index (χ0v) is 19.0.